The third-order valence-corrected chi connectivity index (χ3v) is 4.36. The molecule has 2 N–H and O–H groups in total. The lowest BCUT2D eigenvalue weighted by atomic mass is 9.82. The Hall–Kier alpha value is -3.80. The molecule has 1 aliphatic carbocycles. The van der Waals surface area contributed by atoms with Crippen molar-refractivity contribution < 1.29 is 19.2 Å². The molecule has 3 rings (SSSR count). The van der Waals surface area contributed by atoms with Crippen molar-refractivity contribution in [2.45, 2.75) is 13.8 Å². The third-order valence-electron chi connectivity index (χ3n) is 4.36. The van der Waals surface area contributed by atoms with E-state index < -0.39 is 17.6 Å². The summed E-state index contributed by atoms with van der Waals surface area (Å²) >= 11 is 0. The number of nitrogens with one attached hydrogen (secondary N) is 2. The van der Waals surface area contributed by atoms with E-state index in [0.717, 1.165) is 0 Å². The fourth-order valence-electron chi connectivity index (χ4n) is 2.87. The Balaban J connectivity index is 2.23. The molecule has 0 atom stereocenters. The van der Waals surface area contributed by atoms with Gasteiger partial charge in [0.15, 0.2) is 11.6 Å². The summed E-state index contributed by atoms with van der Waals surface area (Å²) < 4.78 is 0. The first-order chi connectivity index (χ1) is 13.2. The minimum atomic E-state index is -0.529. The van der Waals surface area contributed by atoms with Crippen LogP contribution in [0.25, 0.3) is 0 Å². The van der Waals surface area contributed by atoms with Gasteiger partial charge in [0.1, 0.15) is 0 Å². The highest BCUT2D eigenvalue weighted by Crippen LogP contribution is 2.37. The molecule has 28 heavy (non-hydrogen) atoms. The van der Waals surface area contributed by atoms with Crippen molar-refractivity contribution in [3.63, 3.8) is 0 Å². The van der Waals surface area contributed by atoms with Crippen LogP contribution in [0.4, 0.5) is 11.4 Å². The van der Waals surface area contributed by atoms with Gasteiger partial charge < -0.3 is 10.6 Å². The van der Waals surface area contributed by atoms with Gasteiger partial charge in [-0.15, -0.1) is 0 Å². The van der Waals surface area contributed by atoms with Crippen LogP contribution in [-0.2, 0) is 9.59 Å². The molecule has 0 spiro atoms. The molecule has 2 aromatic carbocycles. The Morgan fingerprint density at radius 1 is 0.750 bits per heavy atom. The second kappa shape index (κ2) is 7.08. The highest BCUT2D eigenvalue weighted by Gasteiger charge is 2.33. The molecule has 2 aromatic rings. The van der Waals surface area contributed by atoms with Gasteiger partial charge in [-0.05, 0) is 26.0 Å². The van der Waals surface area contributed by atoms with Gasteiger partial charge in [-0.25, -0.2) is 0 Å². The van der Waals surface area contributed by atoms with Crippen molar-refractivity contribution in [2.24, 2.45) is 0 Å². The molecule has 1 aliphatic rings. The van der Waals surface area contributed by atoms with E-state index in [1.165, 1.54) is 26.0 Å². The lowest BCUT2D eigenvalue weighted by Gasteiger charge is -2.23. The van der Waals surface area contributed by atoms with Crippen LogP contribution in [0.3, 0.4) is 0 Å². The average molecular weight is 374 g/mol. The van der Waals surface area contributed by atoms with Gasteiger partial charge in [-0.3, -0.25) is 19.2 Å². The Bertz CT molecular complexity index is 1100. The molecular weight excluding hydrogens is 356 g/mol. The number of amides is 2. The second-order valence-electron chi connectivity index (χ2n) is 6.58. The van der Waals surface area contributed by atoms with Gasteiger partial charge in [0.25, 0.3) is 11.8 Å². The van der Waals surface area contributed by atoms with Crippen molar-refractivity contribution in [1.29, 1.82) is 0 Å². The Labute approximate surface area is 161 Å². The van der Waals surface area contributed by atoms with Crippen LogP contribution in [0.1, 0.15) is 45.7 Å². The van der Waals surface area contributed by atoms with Crippen LogP contribution in [0, 0.1) is 0 Å². The number of carbonyl (C=O) groups excluding carboxylic acids is 4. The first-order valence-electron chi connectivity index (χ1n) is 8.51. The van der Waals surface area contributed by atoms with Crippen LogP contribution in [0.5, 0.6) is 0 Å². The molecule has 6 nitrogen and oxygen atoms in total. The lowest BCUT2D eigenvalue weighted by Crippen LogP contribution is -2.25. The molecule has 0 unspecified atom stereocenters. The van der Waals surface area contributed by atoms with E-state index in [0.29, 0.717) is 5.56 Å². The number of hydrogen-bond acceptors (Lipinski definition) is 4. The Morgan fingerprint density at radius 3 is 1.86 bits per heavy atom. The highest BCUT2D eigenvalue weighted by atomic mass is 16.2. The monoisotopic (exact) mass is 374 g/mol. The largest absolute Gasteiger partial charge is 0.320 e. The van der Waals surface area contributed by atoms with E-state index in [4.69, 9.17) is 0 Å². The van der Waals surface area contributed by atoms with Crippen LogP contribution in [-0.4, -0.2) is 23.4 Å². The molecule has 2 amide bonds. The first-order valence-corrected chi connectivity index (χ1v) is 8.51. The van der Waals surface area contributed by atoms with Gasteiger partial charge >= 0.3 is 0 Å². The molecule has 0 aliphatic heterocycles. The highest BCUT2D eigenvalue weighted by molar-refractivity contribution is 6.32. The maximum absolute atomic E-state index is 13.1. The SMILES string of the molecule is C=C(C)C(=O)Nc1ccc2c(c1NC(=O)C(=C)C)C(=O)c1ccccc1C2=O. The molecular formula is C22H18N2O4. The summed E-state index contributed by atoms with van der Waals surface area (Å²) in [5, 5.41) is 5.23. The van der Waals surface area contributed by atoms with Gasteiger partial charge in [-0.2, -0.15) is 0 Å². The number of fused-ring (bicyclic) bond motifs is 2. The number of ketones is 2. The van der Waals surface area contributed by atoms with Crippen molar-refractivity contribution in [3.05, 3.63) is 83.0 Å². The molecule has 0 heterocycles. The number of anilines is 2. The summed E-state index contributed by atoms with van der Waals surface area (Å²) in [6, 6.07) is 9.43. The average Bonchev–Trinajstić information content (AvgIpc) is 2.66. The van der Waals surface area contributed by atoms with Crippen molar-refractivity contribution in [3.8, 4) is 0 Å². The first kappa shape index (κ1) is 19.0. The van der Waals surface area contributed by atoms with Gasteiger partial charge in [-0.1, -0.05) is 37.4 Å². The lowest BCUT2D eigenvalue weighted by molar-refractivity contribution is -0.113. The van der Waals surface area contributed by atoms with Crippen molar-refractivity contribution in [1.82, 2.24) is 0 Å². The summed E-state index contributed by atoms with van der Waals surface area (Å²) in [4.78, 5) is 50.4. The molecule has 0 saturated carbocycles. The fourth-order valence-corrected chi connectivity index (χ4v) is 2.87. The summed E-state index contributed by atoms with van der Waals surface area (Å²) in [6.07, 6.45) is 0. The molecule has 6 heteroatoms. The van der Waals surface area contributed by atoms with Crippen LogP contribution >= 0.6 is 0 Å². The summed E-state index contributed by atoms with van der Waals surface area (Å²) in [6.45, 7) is 10.2. The predicted molar refractivity (Wildman–Crippen MR) is 107 cm³/mol. The second-order valence-corrected chi connectivity index (χ2v) is 6.58. The molecule has 140 valence electrons. The Morgan fingerprint density at radius 2 is 1.29 bits per heavy atom. The Kier molecular flexibility index (Phi) is 4.79. The van der Waals surface area contributed by atoms with Crippen molar-refractivity contribution >= 4 is 34.8 Å². The standard InChI is InChI=1S/C22H18N2O4/c1-11(2)21(27)23-16-10-9-15-17(18(16)24-22(28)12(3)4)20(26)14-8-6-5-7-13(14)19(15)25/h5-10H,1,3H2,2,4H3,(H,23,27)(H,24,28). The smallest absolute Gasteiger partial charge is 0.250 e. The number of rotatable bonds is 4. The quantitative estimate of drug-likeness (QED) is 0.684. The van der Waals surface area contributed by atoms with E-state index in [1.807, 2.05) is 0 Å². The van der Waals surface area contributed by atoms with E-state index in [9.17, 15) is 19.2 Å². The number of benzene rings is 2. The maximum atomic E-state index is 13.1. The van der Waals surface area contributed by atoms with Crippen LogP contribution < -0.4 is 10.6 Å². The molecule has 0 fully saturated rings. The van der Waals surface area contributed by atoms with E-state index in [2.05, 4.69) is 23.8 Å². The maximum Gasteiger partial charge on any atom is 0.250 e. The minimum Gasteiger partial charge on any atom is -0.320 e. The van der Waals surface area contributed by atoms with Crippen molar-refractivity contribution in [2.75, 3.05) is 10.6 Å². The predicted octanol–water partition coefficient (Wildman–Crippen LogP) is 3.49. The topological polar surface area (TPSA) is 92.3 Å². The van der Waals surface area contributed by atoms with Gasteiger partial charge in [0.05, 0.1) is 16.9 Å². The third kappa shape index (κ3) is 3.16. The zero-order valence-corrected chi connectivity index (χ0v) is 15.5. The van der Waals surface area contributed by atoms with E-state index in [1.54, 1.807) is 24.3 Å². The molecule has 0 bridgehead atoms. The molecule has 0 saturated heterocycles. The van der Waals surface area contributed by atoms with Crippen LogP contribution in [0.15, 0.2) is 60.7 Å². The summed E-state index contributed by atoms with van der Waals surface area (Å²) in [5.41, 5.74) is 1.47. The van der Waals surface area contributed by atoms with E-state index in [-0.39, 0.29) is 45.0 Å². The zero-order chi connectivity index (χ0) is 20.6. The minimum absolute atomic E-state index is 0.0396. The summed E-state index contributed by atoms with van der Waals surface area (Å²) in [5.74, 6) is -1.73. The normalized spacial score (nSPS) is 11.9. The number of hydrogen-bond donors (Lipinski definition) is 2. The van der Waals surface area contributed by atoms with E-state index >= 15 is 0 Å². The zero-order valence-electron chi connectivity index (χ0n) is 15.5. The molecule has 0 radical (unpaired) electrons. The van der Waals surface area contributed by atoms with Gasteiger partial charge in [0, 0.05) is 27.8 Å². The van der Waals surface area contributed by atoms with Crippen LogP contribution in [0.2, 0.25) is 0 Å². The van der Waals surface area contributed by atoms with Gasteiger partial charge in [0.2, 0.25) is 0 Å². The molecule has 0 aromatic heterocycles. The fraction of sp³-hybridized carbons (Fsp3) is 0.0909. The number of carbonyl (C=O) groups is 4. The summed E-state index contributed by atoms with van der Waals surface area (Å²) in [7, 11) is 0.